The highest BCUT2D eigenvalue weighted by molar-refractivity contribution is 6.04. The van der Waals surface area contributed by atoms with Gasteiger partial charge in [0.05, 0.1) is 7.39 Å². The van der Waals surface area contributed by atoms with E-state index in [0.717, 1.165) is 0 Å². The van der Waals surface area contributed by atoms with Gasteiger partial charge in [-0.15, -0.1) is 0 Å². The largest absolute Gasteiger partial charge is 0.382 e. The molecule has 1 aliphatic heterocycles. The van der Waals surface area contributed by atoms with E-state index in [-0.39, 0.29) is 11.7 Å². The molecule has 1 fully saturated rings. The van der Waals surface area contributed by atoms with Gasteiger partial charge >= 0.3 is 0 Å². The Morgan fingerprint density at radius 2 is 2.00 bits per heavy atom. The SMILES string of the molecule is [2H][C@@]1(c2nc(-c3ccc(C(=O)Nc4ccccn4)cc3)c3c(N)nccn23)CCCN1C(=O)C#CC. The fourth-order valence-electron chi connectivity index (χ4n) is 4.18. The zero-order chi connectivity index (χ0) is 25.3. The first-order valence-electron chi connectivity index (χ1n) is 11.6. The Hall–Kier alpha value is -4.71. The number of nitrogen functional groups attached to an aromatic ring is 1. The fraction of sp³-hybridized carbons (Fsp3) is 0.192. The summed E-state index contributed by atoms with van der Waals surface area (Å²) in [6.45, 7) is 2.01. The number of nitrogens with two attached hydrogens (primary N) is 1. The van der Waals surface area contributed by atoms with Crippen LogP contribution in [0.15, 0.2) is 61.1 Å². The number of hydrogen-bond acceptors (Lipinski definition) is 6. The Morgan fingerprint density at radius 3 is 2.74 bits per heavy atom. The summed E-state index contributed by atoms with van der Waals surface area (Å²) >= 11 is 0. The van der Waals surface area contributed by atoms with Gasteiger partial charge in [-0.25, -0.2) is 15.0 Å². The van der Waals surface area contributed by atoms with Crippen molar-refractivity contribution in [3.05, 3.63) is 72.4 Å². The lowest BCUT2D eigenvalue weighted by Crippen LogP contribution is -2.30. The molecule has 0 radical (unpaired) electrons. The molecule has 3 aromatic heterocycles. The predicted octanol–water partition coefficient (Wildman–Crippen LogP) is 3.31. The maximum atomic E-state index is 12.7. The number of likely N-dealkylation sites (tertiary alicyclic amines) is 1. The number of fused-ring (bicyclic) bond motifs is 1. The summed E-state index contributed by atoms with van der Waals surface area (Å²) in [6.07, 6.45) is 5.90. The van der Waals surface area contributed by atoms with Crippen molar-refractivity contribution < 1.29 is 11.0 Å². The van der Waals surface area contributed by atoms with E-state index in [1.807, 2.05) is 0 Å². The number of rotatable bonds is 4. The molecule has 0 spiro atoms. The van der Waals surface area contributed by atoms with E-state index in [4.69, 9.17) is 10.7 Å². The van der Waals surface area contributed by atoms with E-state index >= 15 is 0 Å². The molecule has 0 saturated carbocycles. The van der Waals surface area contributed by atoms with Crippen LogP contribution in [-0.4, -0.2) is 42.6 Å². The van der Waals surface area contributed by atoms with Crippen LogP contribution in [-0.2, 0) is 4.79 Å². The highest BCUT2D eigenvalue weighted by atomic mass is 16.2. The van der Waals surface area contributed by atoms with Crippen molar-refractivity contribution in [2.45, 2.75) is 25.8 Å². The average molecular weight is 467 g/mol. The van der Waals surface area contributed by atoms with E-state index in [1.54, 1.807) is 72.4 Å². The van der Waals surface area contributed by atoms with Gasteiger partial charge < -0.3 is 16.0 Å². The molecule has 4 aromatic rings. The molecule has 3 N–H and O–H groups in total. The number of imidazole rings is 1. The molecular formula is C26H23N7O2. The van der Waals surface area contributed by atoms with Crippen LogP contribution in [0.1, 0.15) is 43.3 Å². The molecule has 5 rings (SSSR count). The molecule has 1 atom stereocenters. The second-order valence-corrected chi connectivity index (χ2v) is 7.94. The fourth-order valence-corrected chi connectivity index (χ4v) is 4.18. The topological polar surface area (TPSA) is 119 Å². The molecule has 1 aromatic carbocycles. The second-order valence-electron chi connectivity index (χ2n) is 7.94. The summed E-state index contributed by atoms with van der Waals surface area (Å²) in [5.41, 5.74) is 8.44. The van der Waals surface area contributed by atoms with E-state index in [9.17, 15) is 11.0 Å². The lowest BCUT2D eigenvalue weighted by molar-refractivity contribution is -0.126. The summed E-state index contributed by atoms with van der Waals surface area (Å²) in [7, 11) is 0. The van der Waals surface area contributed by atoms with Crippen molar-refractivity contribution in [1.82, 2.24) is 24.3 Å². The standard InChI is InChI=1S/C26H23N7O2/c1-2-6-21(34)32-15-5-7-19(32)25-31-22(23-24(27)29-14-16-33(23)25)17-9-11-18(12-10-17)26(35)30-20-8-3-4-13-28-20/h3-4,8-14,16,19H,5,7,15H2,1H3,(H2,27,29)(H,28,30,35)/t19-/m0/s1/i19D. The van der Waals surface area contributed by atoms with Crippen molar-refractivity contribution in [3.63, 3.8) is 0 Å². The molecule has 174 valence electrons. The normalized spacial score (nSPS) is 17.5. The van der Waals surface area contributed by atoms with Crippen molar-refractivity contribution in [1.29, 1.82) is 0 Å². The number of nitrogens with one attached hydrogen (secondary N) is 1. The number of amides is 2. The van der Waals surface area contributed by atoms with Crippen LogP contribution in [0.4, 0.5) is 11.6 Å². The third-order valence-electron chi connectivity index (χ3n) is 5.77. The predicted molar refractivity (Wildman–Crippen MR) is 132 cm³/mol. The summed E-state index contributed by atoms with van der Waals surface area (Å²) < 4.78 is 11.0. The van der Waals surface area contributed by atoms with Crippen LogP contribution in [0.25, 0.3) is 16.8 Å². The van der Waals surface area contributed by atoms with Crippen LogP contribution in [0.3, 0.4) is 0 Å². The zero-order valence-electron chi connectivity index (χ0n) is 20.0. The summed E-state index contributed by atoms with van der Waals surface area (Å²) in [5.74, 6) is 5.53. The molecule has 1 saturated heterocycles. The van der Waals surface area contributed by atoms with Gasteiger partial charge in [-0.3, -0.25) is 14.0 Å². The first kappa shape index (κ1) is 20.9. The van der Waals surface area contributed by atoms with Crippen molar-refractivity contribution in [2.24, 2.45) is 0 Å². The lowest BCUT2D eigenvalue weighted by atomic mass is 10.1. The minimum Gasteiger partial charge on any atom is -0.382 e. The quantitative estimate of drug-likeness (QED) is 0.446. The Labute approximate surface area is 203 Å². The van der Waals surface area contributed by atoms with E-state index < -0.39 is 11.9 Å². The number of hydrogen-bond donors (Lipinski definition) is 2. The highest BCUT2D eigenvalue weighted by Crippen LogP contribution is 2.36. The molecule has 0 unspecified atom stereocenters. The monoisotopic (exact) mass is 466 g/mol. The maximum absolute atomic E-state index is 12.7. The number of aromatic nitrogens is 4. The third-order valence-corrected chi connectivity index (χ3v) is 5.77. The number of benzene rings is 1. The Kier molecular flexibility index (Phi) is 5.53. The number of carbonyl (C=O) groups is 2. The smallest absolute Gasteiger partial charge is 0.299 e. The zero-order valence-corrected chi connectivity index (χ0v) is 19.0. The summed E-state index contributed by atoms with van der Waals surface area (Å²) in [5, 5.41) is 2.76. The minimum atomic E-state index is -1.40. The van der Waals surface area contributed by atoms with Gasteiger partial charge in [0, 0.05) is 36.3 Å². The van der Waals surface area contributed by atoms with Crippen LogP contribution < -0.4 is 11.1 Å². The van der Waals surface area contributed by atoms with Crippen molar-refractivity contribution in [3.8, 4) is 23.1 Å². The Balaban J connectivity index is 1.54. The van der Waals surface area contributed by atoms with Gasteiger partial charge in [0.2, 0.25) is 0 Å². The number of pyridine rings is 1. The molecule has 1 aliphatic rings. The van der Waals surface area contributed by atoms with Crippen LogP contribution >= 0.6 is 0 Å². The van der Waals surface area contributed by atoms with Gasteiger partial charge in [-0.1, -0.05) is 24.1 Å². The van der Waals surface area contributed by atoms with Gasteiger partial charge in [-0.2, -0.15) is 0 Å². The van der Waals surface area contributed by atoms with Gasteiger partial charge in [0.1, 0.15) is 28.7 Å². The molecule has 9 heteroatoms. The number of anilines is 2. The van der Waals surface area contributed by atoms with Crippen LogP contribution in [0, 0.1) is 11.8 Å². The van der Waals surface area contributed by atoms with Crippen molar-refractivity contribution in [2.75, 3.05) is 17.6 Å². The van der Waals surface area contributed by atoms with Crippen LogP contribution in [0.2, 0.25) is 0 Å². The Bertz CT molecular complexity index is 1520. The number of nitrogens with zero attached hydrogens (tertiary/aromatic N) is 5. The first-order chi connectivity index (χ1) is 17.4. The van der Waals surface area contributed by atoms with Gasteiger partial charge in [0.25, 0.3) is 11.8 Å². The van der Waals surface area contributed by atoms with Gasteiger partial charge in [0.15, 0.2) is 0 Å². The van der Waals surface area contributed by atoms with E-state index in [1.165, 1.54) is 4.90 Å². The molecule has 4 heterocycles. The molecule has 2 amide bonds. The van der Waals surface area contributed by atoms with E-state index in [0.29, 0.717) is 53.4 Å². The Morgan fingerprint density at radius 1 is 1.17 bits per heavy atom. The highest BCUT2D eigenvalue weighted by Gasteiger charge is 2.33. The summed E-state index contributed by atoms with van der Waals surface area (Å²) in [4.78, 5) is 39.9. The summed E-state index contributed by atoms with van der Waals surface area (Å²) in [6, 6.07) is 10.8. The second kappa shape index (κ2) is 9.27. The third kappa shape index (κ3) is 4.17. The molecular weight excluding hydrogens is 442 g/mol. The molecule has 9 nitrogen and oxygen atoms in total. The molecule has 0 aliphatic carbocycles. The van der Waals surface area contributed by atoms with Gasteiger partial charge in [-0.05, 0) is 50.0 Å². The van der Waals surface area contributed by atoms with E-state index in [2.05, 4.69) is 27.1 Å². The maximum Gasteiger partial charge on any atom is 0.299 e. The van der Waals surface area contributed by atoms with Crippen LogP contribution in [0.5, 0.6) is 0 Å². The first-order valence-corrected chi connectivity index (χ1v) is 11.1. The minimum absolute atomic E-state index is 0.246. The number of carbonyl (C=O) groups excluding carboxylic acids is 2. The molecule has 35 heavy (non-hydrogen) atoms. The lowest BCUT2D eigenvalue weighted by Gasteiger charge is -2.21. The van der Waals surface area contributed by atoms with Crippen molar-refractivity contribution >= 4 is 29.0 Å². The average Bonchev–Trinajstić information content (AvgIpc) is 3.48. The molecule has 0 bridgehead atoms.